The van der Waals surface area contributed by atoms with Gasteiger partial charge in [0.2, 0.25) is 0 Å². The predicted molar refractivity (Wildman–Crippen MR) is 24.5 cm³/mol. The van der Waals surface area contributed by atoms with Crippen molar-refractivity contribution >= 4 is 0 Å². The quantitative estimate of drug-likeness (QED) is 0.384. The fourth-order valence-corrected chi connectivity index (χ4v) is 0.424. The van der Waals surface area contributed by atoms with Gasteiger partial charge in [-0.1, -0.05) is 5.22 Å². The van der Waals surface area contributed by atoms with Crippen molar-refractivity contribution in [2.45, 2.75) is 0 Å². The highest BCUT2D eigenvalue weighted by Gasteiger charge is 2.09. The number of nitrogens with zero attached hydrogens (tertiary/aromatic N) is 4. The summed E-state index contributed by atoms with van der Waals surface area (Å²) in [4.78, 5) is 13.5. The number of rotatable bonds is 2. The van der Waals surface area contributed by atoms with Crippen LogP contribution in [0.1, 0.15) is 0 Å². The summed E-state index contributed by atoms with van der Waals surface area (Å²) < 4.78 is 0. The van der Waals surface area contributed by atoms with Crippen LogP contribution in [0.5, 0.6) is 0 Å². The van der Waals surface area contributed by atoms with E-state index in [0.717, 1.165) is 5.17 Å². The Kier molecular flexibility index (Phi) is 1.43. The molecule has 0 atom stereocenters. The summed E-state index contributed by atoms with van der Waals surface area (Å²) >= 11 is 0. The van der Waals surface area contributed by atoms with Crippen molar-refractivity contribution < 1.29 is 10.0 Å². The van der Waals surface area contributed by atoms with Crippen LogP contribution >= 0.6 is 0 Å². The first-order chi connectivity index (χ1) is 4.29. The molecular formula is C2H4N4O3. The average Bonchev–Trinajstić information content (AvgIpc) is 2.15. The first-order valence-corrected chi connectivity index (χ1v) is 2.26. The zero-order chi connectivity index (χ0) is 6.69. The van der Waals surface area contributed by atoms with E-state index in [1.54, 1.807) is 0 Å². The van der Waals surface area contributed by atoms with Gasteiger partial charge >= 0.3 is 5.09 Å². The maximum Gasteiger partial charge on any atom is 0.318 e. The van der Waals surface area contributed by atoms with Crippen molar-refractivity contribution in [1.29, 1.82) is 0 Å². The normalized spacial score (nSPS) is 16.2. The van der Waals surface area contributed by atoms with Gasteiger partial charge in [-0.25, -0.2) is 0 Å². The first kappa shape index (κ1) is 5.73. The van der Waals surface area contributed by atoms with Crippen LogP contribution < -0.4 is 0 Å². The second-order valence-corrected chi connectivity index (χ2v) is 1.34. The summed E-state index contributed by atoms with van der Waals surface area (Å²) in [5, 5.41) is 16.2. The second kappa shape index (κ2) is 2.25. The van der Waals surface area contributed by atoms with Gasteiger partial charge in [-0.2, -0.15) is 10.1 Å². The van der Waals surface area contributed by atoms with Crippen LogP contribution in [-0.4, -0.2) is 23.3 Å². The van der Waals surface area contributed by atoms with Crippen molar-refractivity contribution in [1.82, 2.24) is 5.17 Å². The van der Waals surface area contributed by atoms with E-state index >= 15 is 0 Å². The van der Waals surface area contributed by atoms with Crippen LogP contribution in [0, 0.1) is 10.1 Å². The van der Waals surface area contributed by atoms with Gasteiger partial charge in [-0.05, 0) is 0 Å². The van der Waals surface area contributed by atoms with Gasteiger partial charge in [0.1, 0.15) is 0 Å². The van der Waals surface area contributed by atoms with E-state index in [1.807, 2.05) is 0 Å². The van der Waals surface area contributed by atoms with Gasteiger partial charge in [0.05, 0.1) is 13.1 Å². The molecule has 0 aliphatic carbocycles. The Hall–Kier alpha value is -1.40. The lowest BCUT2D eigenvalue weighted by atomic mass is 10.7. The van der Waals surface area contributed by atoms with E-state index in [1.165, 1.54) is 0 Å². The minimum atomic E-state index is -0.926. The second-order valence-electron chi connectivity index (χ2n) is 1.34. The molecule has 0 radical (unpaired) electrons. The Morgan fingerprint density at radius 2 is 2.56 bits per heavy atom. The van der Waals surface area contributed by atoms with Crippen molar-refractivity contribution in [3.05, 3.63) is 10.1 Å². The Morgan fingerprint density at radius 1 is 1.78 bits per heavy atom. The fraction of sp³-hybridized carbons (Fsp3) is 1.00. The van der Waals surface area contributed by atoms with Crippen LogP contribution in [0.4, 0.5) is 0 Å². The van der Waals surface area contributed by atoms with Gasteiger partial charge in [0.15, 0.2) is 0 Å². The minimum absolute atomic E-state index is 0.348. The molecule has 9 heavy (non-hydrogen) atoms. The molecule has 1 aliphatic rings. The Labute approximate surface area is 49.9 Å². The Morgan fingerprint density at radius 3 is 3.00 bits per heavy atom. The standard InChI is InChI=1S/C2H4N4O3/c7-6(8)9-5-2-1-3-4-5/h1-2H2. The lowest BCUT2D eigenvalue weighted by molar-refractivity contribution is -0.810. The van der Waals surface area contributed by atoms with Crippen LogP contribution in [-0.2, 0) is 4.94 Å². The van der Waals surface area contributed by atoms with Crippen molar-refractivity contribution in [2.75, 3.05) is 13.1 Å². The molecule has 0 aromatic rings. The van der Waals surface area contributed by atoms with Crippen LogP contribution in [0.15, 0.2) is 10.3 Å². The summed E-state index contributed by atoms with van der Waals surface area (Å²) in [6.45, 7) is 0.800. The van der Waals surface area contributed by atoms with E-state index in [-0.39, 0.29) is 0 Å². The molecule has 1 aliphatic heterocycles. The van der Waals surface area contributed by atoms with E-state index < -0.39 is 5.09 Å². The fourth-order valence-electron chi connectivity index (χ4n) is 0.424. The zero-order valence-corrected chi connectivity index (χ0v) is 4.43. The molecule has 0 spiro atoms. The molecule has 1 heterocycles. The van der Waals surface area contributed by atoms with Gasteiger partial charge in [-0.15, -0.1) is 15.3 Å². The smallest absolute Gasteiger partial charge is 0.170 e. The minimum Gasteiger partial charge on any atom is -0.170 e. The highest BCUT2D eigenvalue weighted by molar-refractivity contribution is 4.45. The number of hydroxylamine groups is 1. The molecule has 0 N–H and O–H groups in total. The number of hydrogen-bond acceptors (Lipinski definition) is 6. The summed E-state index contributed by atoms with van der Waals surface area (Å²) in [7, 11) is 0. The SMILES string of the molecule is O=[N+]([O-])ON1CCN=N1. The molecule has 0 fully saturated rings. The lowest BCUT2D eigenvalue weighted by Crippen LogP contribution is -2.19. The topological polar surface area (TPSA) is 80.3 Å². The third-order valence-corrected chi connectivity index (χ3v) is 0.715. The molecule has 0 aromatic carbocycles. The van der Waals surface area contributed by atoms with E-state index in [2.05, 4.69) is 15.3 Å². The summed E-state index contributed by atoms with van der Waals surface area (Å²) in [6, 6.07) is 0. The van der Waals surface area contributed by atoms with Crippen molar-refractivity contribution in [3.63, 3.8) is 0 Å². The van der Waals surface area contributed by atoms with Gasteiger partial charge < -0.3 is 0 Å². The summed E-state index contributed by atoms with van der Waals surface area (Å²) in [5.74, 6) is 0. The third kappa shape index (κ3) is 1.52. The highest BCUT2D eigenvalue weighted by atomic mass is 17.0. The molecular weight excluding hydrogens is 128 g/mol. The van der Waals surface area contributed by atoms with Crippen LogP contribution in [0.25, 0.3) is 0 Å². The van der Waals surface area contributed by atoms with Gasteiger partial charge in [0.25, 0.3) is 0 Å². The zero-order valence-electron chi connectivity index (χ0n) is 4.43. The molecule has 7 nitrogen and oxygen atoms in total. The molecule has 1 rings (SSSR count). The third-order valence-electron chi connectivity index (χ3n) is 0.715. The summed E-state index contributed by atoms with van der Waals surface area (Å²) in [6.07, 6.45) is 0. The molecule has 50 valence electrons. The van der Waals surface area contributed by atoms with E-state index in [0.29, 0.717) is 13.1 Å². The molecule has 0 unspecified atom stereocenters. The Balaban J connectivity index is 2.28. The van der Waals surface area contributed by atoms with Gasteiger partial charge in [-0.3, -0.25) is 0 Å². The lowest BCUT2D eigenvalue weighted by Gasteiger charge is -2.03. The molecule has 0 aromatic heterocycles. The van der Waals surface area contributed by atoms with Crippen LogP contribution in [0.2, 0.25) is 0 Å². The average molecular weight is 132 g/mol. The maximum atomic E-state index is 9.60. The molecule has 0 amide bonds. The van der Waals surface area contributed by atoms with Crippen LogP contribution in [0.3, 0.4) is 0 Å². The monoisotopic (exact) mass is 132 g/mol. The van der Waals surface area contributed by atoms with Gasteiger partial charge in [0, 0.05) is 0 Å². The predicted octanol–water partition coefficient (Wildman–Crippen LogP) is -0.208. The van der Waals surface area contributed by atoms with Crippen molar-refractivity contribution in [3.8, 4) is 0 Å². The summed E-state index contributed by atoms with van der Waals surface area (Å²) in [5.41, 5.74) is 0. The molecule has 0 saturated carbocycles. The molecule has 0 saturated heterocycles. The van der Waals surface area contributed by atoms with E-state index in [4.69, 9.17) is 0 Å². The molecule has 0 bridgehead atoms. The Bertz CT molecular complexity index is 145. The van der Waals surface area contributed by atoms with Crippen molar-refractivity contribution in [2.24, 2.45) is 10.3 Å². The number of hydrogen-bond donors (Lipinski definition) is 0. The maximum absolute atomic E-state index is 9.60. The highest BCUT2D eigenvalue weighted by Crippen LogP contribution is 1.99. The largest absolute Gasteiger partial charge is 0.318 e. The van der Waals surface area contributed by atoms with E-state index in [9.17, 15) is 10.1 Å². The molecule has 7 heteroatoms. The first-order valence-electron chi connectivity index (χ1n) is 2.26.